The van der Waals surface area contributed by atoms with E-state index in [0.29, 0.717) is 24.8 Å². The number of rotatable bonds is 6. The zero-order valence-corrected chi connectivity index (χ0v) is 23.1. The average molecular weight is 530 g/mol. The number of amides is 1. The number of anilines is 1. The molecule has 1 aliphatic rings. The molecule has 2 N–H and O–H groups in total. The Morgan fingerprint density at radius 3 is 2.69 bits per heavy atom. The Bertz CT molecular complexity index is 1460. The lowest BCUT2D eigenvalue weighted by molar-refractivity contribution is 0.0206. The van der Waals surface area contributed by atoms with E-state index in [0.717, 1.165) is 46.3 Å². The maximum atomic E-state index is 12.6. The van der Waals surface area contributed by atoms with Crippen LogP contribution in [0.15, 0.2) is 49.2 Å². The van der Waals surface area contributed by atoms with Crippen LogP contribution >= 0.6 is 0 Å². The number of H-pyrrole nitrogens is 1. The molecule has 0 bridgehead atoms. The van der Waals surface area contributed by atoms with Crippen LogP contribution in [0.25, 0.3) is 33.4 Å². The summed E-state index contributed by atoms with van der Waals surface area (Å²) in [5.74, 6) is 1.16. The fourth-order valence-corrected chi connectivity index (χ4v) is 4.64. The summed E-state index contributed by atoms with van der Waals surface area (Å²) in [6.45, 7) is 10.8. The third-order valence-electron chi connectivity index (χ3n) is 6.28. The van der Waals surface area contributed by atoms with Gasteiger partial charge < -0.3 is 24.7 Å². The lowest BCUT2D eigenvalue weighted by atomic mass is 10.1. The average Bonchev–Trinajstić information content (AvgIpc) is 3.31. The second-order valence-corrected chi connectivity index (χ2v) is 11.1. The molecule has 39 heavy (non-hydrogen) atoms. The number of ether oxygens (including phenoxy) is 2. The molecule has 1 saturated heterocycles. The molecule has 0 spiro atoms. The first-order valence-electron chi connectivity index (χ1n) is 13.3. The van der Waals surface area contributed by atoms with Crippen LogP contribution in [-0.2, 0) is 4.74 Å². The molecular formula is C29H35N7O3. The highest BCUT2D eigenvalue weighted by atomic mass is 16.6. The van der Waals surface area contributed by atoms with E-state index in [9.17, 15) is 4.79 Å². The van der Waals surface area contributed by atoms with E-state index < -0.39 is 5.60 Å². The highest BCUT2D eigenvalue weighted by Crippen LogP contribution is 2.31. The van der Waals surface area contributed by atoms with Gasteiger partial charge in [0, 0.05) is 47.4 Å². The predicted molar refractivity (Wildman–Crippen MR) is 151 cm³/mol. The second kappa shape index (κ2) is 10.9. The Kier molecular flexibility index (Phi) is 7.36. The molecule has 10 nitrogen and oxygen atoms in total. The minimum absolute atomic E-state index is 0.0155. The monoisotopic (exact) mass is 529 g/mol. The van der Waals surface area contributed by atoms with Crippen molar-refractivity contribution in [1.82, 2.24) is 29.8 Å². The minimum Gasteiger partial charge on any atom is -0.474 e. The van der Waals surface area contributed by atoms with Gasteiger partial charge in [-0.25, -0.2) is 14.8 Å². The lowest BCUT2D eigenvalue weighted by Crippen LogP contribution is -2.47. The largest absolute Gasteiger partial charge is 0.474 e. The van der Waals surface area contributed by atoms with Gasteiger partial charge in [-0.15, -0.1) is 0 Å². The molecule has 1 aliphatic heterocycles. The minimum atomic E-state index is -0.520. The molecule has 5 rings (SSSR count). The van der Waals surface area contributed by atoms with E-state index in [4.69, 9.17) is 14.5 Å². The summed E-state index contributed by atoms with van der Waals surface area (Å²) >= 11 is 0. The number of benzene rings is 1. The first kappa shape index (κ1) is 26.4. The number of fused-ring (bicyclic) bond motifs is 1. The first-order chi connectivity index (χ1) is 18.6. The van der Waals surface area contributed by atoms with Gasteiger partial charge in [-0.3, -0.25) is 9.97 Å². The summed E-state index contributed by atoms with van der Waals surface area (Å²) in [7, 11) is 0. The number of aromatic nitrogens is 5. The van der Waals surface area contributed by atoms with Crippen LogP contribution in [0.3, 0.4) is 0 Å². The normalized spacial score (nSPS) is 15.9. The molecule has 1 amide bonds. The van der Waals surface area contributed by atoms with Gasteiger partial charge >= 0.3 is 6.09 Å². The number of nitrogens with one attached hydrogen (secondary N) is 2. The smallest absolute Gasteiger partial charge is 0.410 e. The Balaban J connectivity index is 1.36. The Labute approximate surface area is 228 Å². The van der Waals surface area contributed by atoms with Crippen LogP contribution in [0, 0.1) is 0 Å². The summed E-state index contributed by atoms with van der Waals surface area (Å²) < 4.78 is 11.3. The van der Waals surface area contributed by atoms with E-state index in [1.807, 2.05) is 52.9 Å². The van der Waals surface area contributed by atoms with Gasteiger partial charge in [-0.2, -0.15) is 0 Å². The summed E-state index contributed by atoms with van der Waals surface area (Å²) in [5.41, 5.74) is 3.80. The number of nitrogens with zero attached hydrogens (tertiary/aromatic N) is 5. The Hall–Kier alpha value is -4.21. The SMILES string of the molecule is CC(C)Oc1cncc(-c2ccc3[nH]cc(-c4cncc(NC5CCCN(C(=O)OC(C)(C)C)C5)n4)c3c2)n1. The van der Waals surface area contributed by atoms with Crippen molar-refractivity contribution in [1.29, 1.82) is 0 Å². The van der Waals surface area contributed by atoms with Gasteiger partial charge in [0.15, 0.2) is 0 Å². The van der Waals surface area contributed by atoms with E-state index in [1.54, 1.807) is 29.7 Å². The molecule has 204 valence electrons. The number of aromatic amines is 1. The van der Waals surface area contributed by atoms with Gasteiger partial charge in [0.2, 0.25) is 5.88 Å². The second-order valence-electron chi connectivity index (χ2n) is 11.1. The zero-order chi connectivity index (χ0) is 27.6. The molecule has 1 fully saturated rings. The number of hydrogen-bond donors (Lipinski definition) is 2. The van der Waals surface area contributed by atoms with Crippen LogP contribution < -0.4 is 10.1 Å². The lowest BCUT2D eigenvalue weighted by Gasteiger charge is -2.34. The molecule has 0 aliphatic carbocycles. The van der Waals surface area contributed by atoms with Crippen LogP contribution in [-0.4, -0.2) is 66.7 Å². The van der Waals surface area contributed by atoms with Crippen LogP contribution in [0.4, 0.5) is 10.6 Å². The zero-order valence-electron chi connectivity index (χ0n) is 23.1. The quantitative estimate of drug-likeness (QED) is 0.327. The molecule has 4 aromatic rings. The fraction of sp³-hybridized carbons (Fsp3) is 0.414. The van der Waals surface area contributed by atoms with Crippen LogP contribution in [0.1, 0.15) is 47.5 Å². The molecule has 1 unspecified atom stereocenters. The van der Waals surface area contributed by atoms with E-state index in [1.165, 1.54) is 0 Å². The van der Waals surface area contributed by atoms with Crippen molar-refractivity contribution in [2.75, 3.05) is 18.4 Å². The van der Waals surface area contributed by atoms with Crippen molar-refractivity contribution in [3.8, 4) is 28.4 Å². The van der Waals surface area contributed by atoms with Crippen molar-refractivity contribution in [2.45, 2.75) is 65.2 Å². The third kappa shape index (κ3) is 6.45. The Morgan fingerprint density at radius 1 is 1.10 bits per heavy atom. The van der Waals surface area contributed by atoms with E-state index in [-0.39, 0.29) is 18.2 Å². The van der Waals surface area contributed by atoms with Crippen molar-refractivity contribution < 1.29 is 14.3 Å². The highest BCUT2D eigenvalue weighted by Gasteiger charge is 2.28. The molecule has 1 atom stereocenters. The van der Waals surface area contributed by atoms with Gasteiger partial charge in [0.05, 0.1) is 42.3 Å². The van der Waals surface area contributed by atoms with Crippen molar-refractivity contribution >= 4 is 22.8 Å². The van der Waals surface area contributed by atoms with Gasteiger partial charge in [-0.1, -0.05) is 6.07 Å². The third-order valence-corrected chi connectivity index (χ3v) is 6.28. The molecule has 0 radical (unpaired) electrons. The number of likely N-dealkylation sites (tertiary alicyclic amines) is 1. The molecule has 10 heteroatoms. The predicted octanol–water partition coefficient (Wildman–Crippen LogP) is 5.68. The molecule has 1 aromatic carbocycles. The van der Waals surface area contributed by atoms with Gasteiger partial charge in [-0.05, 0) is 59.6 Å². The summed E-state index contributed by atoms with van der Waals surface area (Å²) in [6, 6.07) is 6.17. The number of carbonyl (C=O) groups excluding carboxylic acids is 1. The van der Waals surface area contributed by atoms with Crippen molar-refractivity contribution in [2.24, 2.45) is 0 Å². The molecule has 4 heterocycles. The van der Waals surface area contributed by atoms with Crippen molar-refractivity contribution in [3.05, 3.63) is 49.2 Å². The van der Waals surface area contributed by atoms with E-state index >= 15 is 0 Å². The van der Waals surface area contributed by atoms with Crippen LogP contribution in [0.2, 0.25) is 0 Å². The highest BCUT2D eigenvalue weighted by molar-refractivity contribution is 5.97. The fourth-order valence-electron chi connectivity index (χ4n) is 4.64. The van der Waals surface area contributed by atoms with Crippen LogP contribution in [0.5, 0.6) is 5.88 Å². The van der Waals surface area contributed by atoms with Gasteiger partial charge in [0.25, 0.3) is 0 Å². The maximum Gasteiger partial charge on any atom is 0.410 e. The maximum absolute atomic E-state index is 12.6. The summed E-state index contributed by atoms with van der Waals surface area (Å²) in [4.78, 5) is 35.9. The Morgan fingerprint density at radius 2 is 1.90 bits per heavy atom. The summed E-state index contributed by atoms with van der Waals surface area (Å²) in [5, 5.41) is 4.48. The van der Waals surface area contributed by atoms with Crippen molar-refractivity contribution in [3.63, 3.8) is 0 Å². The molecule has 3 aromatic heterocycles. The standard InChI is InChI=1S/C29H35N7O3/c1-18(2)38-27-16-31-13-24(35-27)19-8-9-23-21(11-19)22(12-32-23)25-14-30-15-26(34-25)33-20-7-6-10-36(17-20)28(37)39-29(3,4)5/h8-9,11-16,18,20,32H,6-7,10,17H2,1-5H3,(H,33,34). The first-order valence-corrected chi connectivity index (χ1v) is 13.3. The van der Waals surface area contributed by atoms with E-state index in [2.05, 4.69) is 31.3 Å². The summed E-state index contributed by atoms with van der Waals surface area (Å²) in [6.07, 6.45) is 10.3. The molecule has 0 saturated carbocycles. The number of carbonyl (C=O) groups is 1. The topological polar surface area (TPSA) is 118 Å². The van der Waals surface area contributed by atoms with Gasteiger partial charge in [0.1, 0.15) is 11.4 Å². The number of hydrogen-bond acceptors (Lipinski definition) is 8. The molecular weight excluding hydrogens is 494 g/mol. The number of piperidine rings is 1.